The van der Waals surface area contributed by atoms with Gasteiger partial charge in [-0.3, -0.25) is 10.3 Å². The summed E-state index contributed by atoms with van der Waals surface area (Å²) in [5.74, 6) is -2.59. The minimum atomic E-state index is -1.48. The van der Waals surface area contributed by atoms with Gasteiger partial charge in [-0.1, -0.05) is 12.1 Å². The van der Waals surface area contributed by atoms with Crippen LogP contribution in [0.25, 0.3) is 10.9 Å². The number of hydrogen-bond acceptors (Lipinski definition) is 7. The van der Waals surface area contributed by atoms with Gasteiger partial charge in [-0.2, -0.15) is 0 Å². The van der Waals surface area contributed by atoms with E-state index in [1.54, 1.807) is 18.2 Å². The molecule has 156 valence electrons. The highest BCUT2D eigenvalue weighted by molar-refractivity contribution is 6.04. The number of carbonyl (C=O) groups excluding carboxylic acids is 1. The third-order valence-corrected chi connectivity index (χ3v) is 4.14. The molecular formula is C20H18FN3O6. The van der Waals surface area contributed by atoms with Crippen molar-refractivity contribution < 1.29 is 33.7 Å². The van der Waals surface area contributed by atoms with Crippen LogP contribution in [0.3, 0.4) is 0 Å². The van der Waals surface area contributed by atoms with Gasteiger partial charge in [0.05, 0.1) is 6.61 Å². The van der Waals surface area contributed by atoms with Crippen LogP contribution in [0.5, 0.6) is 5.75 Å². The average molecular weight is 415 g/mol. The first-order valence-electron chi connectivity index (χ1n) is 8.81. The van der Waals surface area contributed by atoms with E-state index in [1.807, 2.05) is 0 Å². The Kier molecular flexibility index (Phi) is 6.38. The first-order valence-corrected chi connectivity index (χ1v) is 8.81. The zero-order valence-electron chi connectivity index (χ0n) is 15.9. The molecule has 0 radical (unpaired) electrons. The van der Waals surface area contributed by atoms with Gasteiger partial charge in [0.2, 0.25) is 0 Å². The van der Waals surface area contributed by atoms with Gasteiger partial charge >= 0.3 is 12.1 Å². The van der Waals surface area contributed by atoms with Gasteiger partial charge < -0.3 is 19.7 Å². The van der Waals surface area contributed by atoms with Gasteiger partial charge in [0.1, 0.15) is 23.8 Å². The highest BCUT2D eigenvalue weighted by atomic mass is 19.1. The van der Waals surface area contributed by atoms with Crippen molar-refractivity contribution in [3.63, 3.8) is 0 Å². The van der Waals surface area contributed by atoms with Crippen LogP contribution in [0.2, 0.25) is 0 Å². The largest absolute Gasteiger partial charge is 0.504 e. The van der Waals surface area contributed by atoms with E-state index in [0.717, 1.165) is 5.56 Å². The molecule has 0 unspecified atom stereocenters. The standard InChI is InChI=1S/C20H18FN3O6/c1-29-6-7-30-20(28)24-18-14-9-12(8-11-2-4-13(21)5-3-11)10-22-15(14)17(25)16(23-18)19(26)27/h2-5,9-10,25H,6-8H2,1H3,(H,26,27)(H,23,24,28). The van der Waals surface area contributed by atoms with Crippen LogP contribution >= 0.6 is 0 Å². The lowest BCUT2D eigenvalue weighted by Gasteiger charge is -2.12. The number of pyridine rings is 2. The number of anilines is 1. The highest BCUT2D eigenvalue weighted by Gasteiger charge is 2.21. The molecule has 0 spiro atoms. The number of nitrogens with zero attached hydrogens (tertiary/aromatic N) is 2. The minimum Gasteiger partial charge on any atom is -0.504 e. The number of carbonyl (C=O) groups is 2. The predicted octanol–water partition coefficient (Wildman–Crippen LogP) is 2.96. The number of ether oxygens (including phenoxy) is 2. The average Bonchev–Trinajstić information content (AvgIpc) is 2.71. The van der Waals surface area contributed by atoms with E-state index < -0.39 is 23.5 Å². The van der Waals surface area contributed by atoms with Crippen LogP contribution in [0.4, 0.5) is 15.0 Å². The quantitative estimate of drug-likeness (QED) is 0.502. The van der Waals surface area contributed by atoms with Crippen LogP contribution < -0.4 is 5.32 Å². The maximum Gasteiger partial charge on any atom is 0.412 e. The summed E-state index contributed by atoms with van der Waals surface area (Å²) >= 11 is 0. The molecule has 3 rings (SSSR count). The lowest BCUT2D eigenvalue weighted by atomic mass is 10.0. The van der Waals surface area contributed by atoms with Gasteiger partial charge in [-0.05, 0) is 35.7 Å². The summed E-state index contributed by atoms with van der Waals surface area (Å²) in [6.45, 7) is 0.166. The predicted molar refractivity (Wildman–Crippen MR) is 104 cm³/mol. The topological polar surface area (TPSA) is 131 Å². The Bertz CT molecular complexity index is 1090. The van der Waals surface area contributed by atoms with Crippen LogP contribution in [0.15, 0.2) is 36.5 Å². The van der Waals surface area contributed by atoms with Gasteiger partial charge in [0.15, 0.2) is 11.4 Å². The molecule has 0 aliphatic rings. The molecule has 3 N–H and O–H groups in total. The summed E-state index contributed by atoms with van der Waals surface area (Å²) in [5, 5.41) is 22.1. The summed E-state index contributed by atoms with van der Waals surface area (Å²) in [6, 6.07) is 7.51. The van der Waals surface area contributed by atoms with E-state index >= 15 is 0 Å². The number of methoxy groups -OCH3 is 1. The fourth-order valence-electron chi connectivity index (χ4n) is 2.74. The van der Waals surface area contributed by atoms with E-state index in [4.69, 9.17) is 9.47 Å². The Balaban J connectivity index is 1.99. The van der Waals surface area contributed by atoms with Gasteiger partial charge in [-0.25, -0.2) is 19.0 Å². The number of aromatic hydroxyl groups is 1. The van der Waals surface area contributed by atoms with Crippen LogP contribution in [0.1, 0.15) is 21.6 Å². The number of nitrogens with one attached hydrogen (secondary N) is 1. The number of carboxylic acids is 1. The first kappa shape index (κ1) is 20.9. The molecule has 2 heterocycles. The van der Waals surface area contributed by atoms with Gasteiger partial charge in [-0.15, -0.1) is 0 Å². The fourth-order valence-corrected chi connectivity index (χ4v) is 2.74. The zero-order valence-corrected chi connectivity index (χ0v) is 15.9. The minimum absolute atomic E-state index is 0.0157. The zero-order chi connectivity index (χ0) is 21.7. The number of halogens is 1. The lowest BCUT2D eigenvalue weighted by molar-refractivity contribution is 0.0687. The molecule has 0 fully saturated rings. The maximum atomic E-state index is 13.1. The summed E-state index contributed by atoms with van der Waals surface area (Å²) < 4.78 is 22.8. The molecule has 1 amide bonds. The normalized spacial score (nSPS) is 10.7. The van der Waals surface area contributed by atoms with Gasteiger partial charge in [0.25, 0.3) is 0 Å². The van der Waals surface area contributed by atoms with Gasteiger partial charge in [0, 0.05) is 18.7 Å². The van der Waals surface area contributed by atoms with Crippen molar-refractivity contribution in [3.05, 3.63) is 59.2 Å². The summed E-state index contributed by atoms with van der Waals surface area (Å²) in [5.41, 5.74) is 0.783. The number of fused-ring (bicyclic) bond motifs is 1. The molecule has 3 aromatic rings. The Hall–Kier alpha value is -3.79. The number of rotatable bonds is 7. The van der Waals surface area contributed by atoms with Crippen LogP contribution in [-0.4, -0.2) is 52.6 Å². The second-order valence-corrected chi connectivity index (χ2v) is 6.26. The molecule has 2 aromatic heterocycles. The maximum absolute atomic E-state index is 13.1. The second-order valence-electron chi connectivity index (χ2n) is 6.26. The molecule has 10 heteroatoms. The van der Waals surface area contributed by atoms with Crippen molar-refractivity contribution in [3.8, 4) is 5.75 Å². The number of benzene rings is 1. The Morgan fingerprint density at radius 1 is 1.17 bits per heavy atom. The van der Waals surface area contributed by atoms with Crippen LogP contribution in [-0.2, 0) is 15.9 Å². The molecule has 1 aromatic carbocycles. The number of hydrogen-bond donors (Lipinski definition) is 3. The third kappa shape index (κ3) is 4.78. The number of amides is 1. The van der Waals surface area contributed by atoms with E-state index in [1.165, 1.54) is 25.4 Å². The molecule has 0 bridgehead atoms. The fraction of sp³-hybridized carbons (Fsp3) is 0.200. The molecule has 0 atom stereocenters. The van der Waals surface area contributed by atoms with E-state index in [9.17, 15) is 24.2 Å². The second kappa shape index (κ2) is 9.14. The number of carboxylic acid groups (broad SMARTS) is 1. The molecule has 0 aliphatic heterocycles. The SMILES string of the molecule is COCCOC(=O)Nc1nc(C(=O)O)c(O)c2ncc(Cc3ccc(F)cc3)cc12. The first-order chi connectivity index (χ1) is 14.4. The van der Waals surface area contributed by atoms with Crippen molar-refractivity contribution >= 4 is 28.8 Å². The van der Waals surface area contributed by atoms with Crippen molar-refractivity contribution in [2.24, 2.45) is 0 Å². The van der Waals surface area contributed by atoms with Crippen molar-refractivity contribution in [2.75, 3.05) is 25.6 Å². The summed E-state index contributed by atoms with van der Waals surface area (Å²) in [4.78, 5) is 31.4. The van der Waals surface area contributed by atoms with E-state index in [-0.39, 0.29) is 35.8 Å². The molecule has 0 aliphatic carbocycles. The Labute approximate surface area is 170 Å². The number of aromatic nitrogens is 2. The smallest absolute Gasteiger partial charge is 0.412 e. The van der Waals surface area contributed by atoms with Crippen LogP contribution in [0, 0.1) is 5.82 Å². The molecule has 9 nitrogen and oxygen atoms in total. The number of aromatic carboxylic acids is 1. The Morgan fingerprint density at radius 2 is 1.90 bits per heavy atom. The molecule has 0 saturated carbocycles. The van der Waals surface area contributed by atoms with E-state index in [2.05, 4.69) is 15.3 Å². The molecule has 0 saturated heterocycles. The molecule has 30 heavy (non-hydrogen) atoms. The van der Waals surface area contributed by atoms with Crippen molar-refractivity contribution in [1.29, 1.82) is 0 Å². The Morgan fingerprint density at radius 3 is 2.57 bits per heavy atom. The summed E-state index contributed by atoms with van der Waals surface area (Å²) in [6.07, 6.45) is 0.979. The monoisotopic (exact) mass is 415 g/mol. The van der Waals surface area contributed by atoms with Crippen molar-refractivity contribution in [2.45, 2.75) is 6.42 Å². The highest BCUT2D eigenvalue weighted by Crippen LogP contribution is 2.32. The summed E-state index contributed by atoms with van der Waals surface area (Å²) in [7, 11) is 1.45. The lowest BCUT2D eigenvalue weighted by Crippen LogP contribution is -2.18. The third-order valence-electron chi connectivity index (χ3n) is 4.14. The van der Waals surface area contributed by atoms with E-state index in [0.29, 0.717) is 12.0 Å². The molecular weight excluding hydrogens is 397 g/mol. The van der Waals surface area contributed by atoms with Crippen molar-refractivity contribution in [1.82, 2.24) is 9.97 Å².